The Bertz CT molecular complexity index is 1180. The fourth-order valence-corrected chi connectivity index (χ4v) is 4.34. The van der Waals surface area contributed by atoms with Crippen molar-refractivity contribution in [1.29, 1.82) is 0 Å². The number of Topliss-reactive ketones (excluding diaryl/α,β-unsaturated/α-hetero) is 1. The SMILES string of the molecule is CC(C)(C)C(=O)/C=c1/s/c(=C/c2ccsc2)c(=O)n1Cc1ccc(F)cc1Cl. The quantitative estimate of drug-likeness (QED) is 0.620. The normalized spacial score (nSPS) is 13.3. The number of hydrogen-bond donors (Lipinski definition) is 0. The molecule has 0 unspecified atom stereocenters. The van der Waals surface area contributed by atoms with Crippen molar-refractivity contribution in [1.82, 2.24) is 4.57 Å². The van der Waals surface area contributed by atoms with Crippen LogP contribution in [0.25, 0.3) is 12.2 Å². The summed E-state index contributed by atoms with van der Waals surface area (Å²) in [6.45, 7) is 5.65. The number of halogens is 2. The molecule has 3 aromatic rings. The summed E-state index contributed by atoms with van der Waals surface area (Å²) in [7, 11) is 0. The monoisotopic (exact) mass is 435 g/mol. The second-order valence-electron chi connectivity index (χ2n) is 7.39. The first-order valence-electron chi connectivity index (χ1n) is 8.59. The van der Waals surface area contributed by atoms with Gasteiger partial charge in [0.05, 0.1) is 11.1 Å². The molecule has 2 heterocycles. The molecule has 0 N–H and O–H groups in total. The Hall–Kier alpha value is -2.02. The first-order chi connectivity index (χ1) is 13.1. The third-order valence-electron chi connectivity index (χ3n) is 4.11. The molecular formula is C21H19ClFNO2S2. The van der Waals surface area contributed by atoms with E-state index in [4.69, 9.17) is 11.6 Å². The Labute approximate surface area is 175 Å². The van der Waals surface area contributed by atoms with Crippen molar-refractivity contribution in [2.45, 2.75) is 27.3 Å². The highest BCUT2D eigenvalue weighted by Crippen LogP contribution is 2.18. The Kier molecular flexibility index (Phi) is 6.03. The summed E-state index contributed by atoms with van der Waals surface area (Å²) < 4.78 is 16.0. The van der Waals surface area contributed by atoms with Gasteiger partial charge < -0.3 is 0 Å². The molecule has 3 rings (SSSR count). The molecular weight excluding hydrogens is 417 g/mol. The molecule has 28 heavy (non-hydrogen) atoms. The highest BCUT2D eigenvalue weighted by Gasteiger charge is 2.19. The number of benzene rings is 1. The second kappa shape index (κ2) is 8.15. The maximum absolute atomic E-state index is 13.4. The van der Waals surface area contributed by atoms with Gasteiger partial charge in [-0.1, -0.05) is 38.4 Å². The van der Waals surface area contributed by atoms with E-state index in [0.29, 0.717) is 14.8 Å². The molecule has 0 saturated heterocycles. The molecule has 0 spiro atoms. The van der Waals surface area contributed by atoms with Crippen molar-refractivity contribution >= 4 is 52.2 Å². The zero-order chi connectivity index (χ0) is 20.5. The Morgan fingerprint density at radius 1 is 1.29 bits per heavy atom. The van der Waals surface area contributed by atoms with E-state index in [2.05, 4.69) is 0 Å². The molecule has 0 saturated carbocycles. The molecule has 0 aliphatic carbocycles. The van der Waals surface area contributed by atoms with Gasteiger partial charge >= 0.3 is 0 Å². The highest BCUT2D eigenvalue weighted by molar-refractivity contribution is 7.08. The Morgan fingerprint density at radius 3 is 2.64 bits per heavy atom. The average molecular weight is 436 g/mol. The van der Waals surface area contributed by atoms with Crippen molar-refractivity contribution in [3.8, 4) is 0 Å². The number of thiophene rings is 1. The zero-order valence-electron chi connectivity index (χ0n) is 15.7. The number of carbonyl (C=O) groups excluding carboxylic acids is 1. The molecule has 0 aliphatic rings. The molecule has 0 atom stereocenters. The van der Waals surface area contributed by atoms with E-state index < -0.39 is 11.2 Å². The van der Waals surface area contributed by atoms with E-state index in [9.17, 15) is 14.0 Å². The molecule has 0 fully saturated rings. The summed E-state index contributed by atoms with van der Waals surface area (Å²) in [5.74, 6) is -0.512. The van der Waals surface area contributed by atoms with Crippen LogP contribution in [0.3, 0.4) is 0 Å². The fraction of sp³-hybridized carbons (Fsp3) is 0.238. The Morgan fingerprint density at radius 2 is 2.04 bits per heavy atom. The lowest BCUT2D eigenvalue weighted by molar-refractivity contribution is -0.120. The van der Waals surface area contributed by atoms with Crippen molar-refractivity contribution in [2.24, 2.45) is 5.41 Å². The van der Waals surface area contributed by atoms with Gasteiger partial charge in [-0.15, -0.1) is 11.3 Å². The first-order valence-corrected chi connectivity index (χ1v) is 10.7. The fourth-order valence-electron chi connectivity index (χ4n) is 2.45. The number of nitrogens with zero attached hydrogens (tertiary/aromatic N) is 1. The summed E-state index contributed by atoms with van der Waals surface area (Å²) in [5, 5.41) is 4.13. The number of thiazole rings is 1. The van der Waals surface area contributed by atoms with Gasteiger partial charge in [0.15, 0.2) is 5.78 Å². The molecule has 0 bridgehead atoms. The standard InChI is InChI=1S/C21H19ClFNO2S2/c1-21(2,3)18(25)10-19-24(11-14-4-5-15(23)9-16(14)22)20(26)17(28-19)8-13-6-7-27-12-13/h4-10,12H,11H2,1-3H3/b17-8+,19-10+. The van der Waals surface area contributed by atoms with E-state index >= 15 is 0 Å². The zero-order valence-corrected chi connectivity index (χ0v) is 18.1. The number of hydrogen-bond acceptors (Lipinski definition) is 4. The summed E-state index contributed by atoms with van der Waals surface area (Å²) in [6.07, 6.45) is 3.32. The van der Waals surface area contributed by atoms with Gasteiger partial charge in [0.25, 0.3) is 5.56 Å². The number of rotatable bonds is 4. The van der Waals surface area contributed by atoms with Crippen molar-refractivity contribution in [3.63, 3.8) is 0 Å². The van der Waals surface area contributed by atoms with Crippen LogP contribution in [-0.4, -0.2) is 10.4 Å². The molecule has 146 valence electrons. The minimum Gasteiger partial charge on any atom is -0.294 e. The third kappa shape index (κ3) is 4.69. The predicted octanol–water partition coefficient (Wildman–Crippen LogP) is 4.04. The summed E-state index contributed by atoms with van der Waals surface area (Å²) in [6, 6.07) is 6.01. The number of ketones is 1. The molecule has 0 radical (unpaired) electrons. The maximum atomic E-state index is 13.4. The van der Waals surface area contributed by atoms with E-state index in [-0.39, 0.29) is 22.9 Å². The van der Waals surface area contributed by atoms with Crippen molar-refractivity contribution in [3.05, 3.63) is 76.5 Å². The maximum Gasteiger partial charge on any atom is 0.269 e. The first kappa shape index (κ1) is 20.7. The van der Waals surface area contributed by atoms with Gasteiger partial charge in [0, 0.05) is 16.5 Å². The van der Waals surface area contributed by atoms with Crippen LogP contribution in [-0.2, 0) is 11.3 Å². The van der Waals surface area contributed by atoms with E-state index in [1.165, 1.54) is 34.1 Å². The minimum atomic E-state index is -0.560. The number of aromatic nitrogens is 1. The van der Waals surface area contributed by atoms with E-state index in [1.54, 1.807) is 17.4 Å². The summed E-state index contributed by atoms with van der Waals surface area (Å²) >= 11 is 8.96. The van der Waals surface area contributed by atoms with Crippen LogP contribution in [0.2, 0.25) is 5.02 Å². The number of carbonyl (C=O) groups is 1. The third-order valence-corrected chi connectivity index (χ3v) is 6.23. The average Bonchev–Trinajstić information content (AvgIpc) is 3.20. The second-order valence-corrected chi connectivity index (χ2v) is 9.64. The smallest absolute Gasteiger partial charge is 0.269 e. The topological polar surface area (TPSA) is 39.1 Å². The lowest BCUT2D eigenvalue weighted by Gasteiger charge is -2.13. The van der Waals surface area contributed by atoms with Crippen molar-refractivity contribution < 1.29 is 9.18 Å². The minimum absolute atomic E-state index is 0.0743. The Balaban J connectivity index is 2.19. The molecule has 7 heteroatoms. The van der Waals surface area contributed by atoms with Crippen LogP contribution in [0.4, 0.5) is 4.39 Å². The largest absolute Gasteiger partial charge is 0.294 e. The van der Waals surface area contributed by atoms with Gasteiger partial charge in [0.1, 0.15) is 10.5 Å². The van der Waals surface area contributed by atoms with Gasteiger partial charge in [-0.2, -0.15) is 11.3 Å². The highest BCUT2D eigenvalue weighted by atomic mass is 35.5. The van der Waals surface area contributed by atoms with Gasteiger partial charge in [-0.25, -0.2) is 4.39 Å². The predicted molar refractivity (Wildman–Crippen MR) is 115 cm³/mol. The van der Waals surface area contributed by atoms with Crippen molar-refractivity contribution in [2.75, 3.05) is 0 Å². The van der Waals surface area contributed by atoms with Gasteiger partial charge in [-0.3, -0.25) is 14.2 Å². The molecule has 2 aromatic heterocycles. The molecule has 1 aromatic carbocycles. The van der Waals surface area contributed by atoms with Crippen LogP contribution >= 0.6 is 34.3 Å². The van der Waals surface area contributed by atoms with Crippen LogP contribution in [0.1, 0.15) is 31.9 Å². The lowest BCUT2D eigenvalue weighted by atomic mass is 9.91. The summed E-state index contributed by atoms with van der Waals surface area (Å²) in [5.41, 5.74) is 0.784. The van der Waals surface area contributed by atoms with E-state index in [0.717, 1.165) is 5.56 Å². The van der Waals surface area contributed by atoms with E-state index in [1.807, 2.05) is 43.7 Å². The van der Waals surface area contributed by atoms with Gasteiger partial charge in [0.2, 0.25) is 0 Å². The lowest BCUT2D eigenvalue weighted by Crippen LogP contribution is -2.33. The van der Waals surface area contributed by atoms with Gasteiger partial charge in [-0.05, 0) is 46.2 Å². The van der Waals surface area contributed by atoms with Crippen LogP contribution in [0, 0.1) is 11.2 Å². The van der Waals surface area contributed by atoms with Crippen LogP contribution in [0.5, 0.6) is 0 Å². The summed E-state index contributed by atoms with van der Waals surface area (Å²) in [4.78, 5) is 25.6. The molecule has 3 nitrogen and oxygen atoms in total. The molecule has 0 aliphatic heterocycles. The van der Waals surface area contributed by atoms with Crippen LogP contribution in [0.15, 0.2) is 39.8 Å². The van der Waals surface area contributed by atoms with Crippen LogP contribution < -0.4 is 14.8 Å². The molecule has 0 amide bonds.